The normalized spacial score (nSPS) is 11.9. The van der Waals surface area contributed by atoms with E-state index in [0.717, 1.165) is 18.7 Å². The lowest BCUT2D eigenvalue weighted by Gasteiger charge is -2.22. The van der Waals surface area contributed by atoms with Crippen molar-refractivity contribution in [1.29, 1.82) is 0 Å². The van der Waals surface area contributed by atoms with Crippen molar-refractivity contribution in [3.63, 3.8) is 0 Å². The number of aromatic amines is 1. The molecule has 0 saturated heterocycles. The number of aromatic hydroxyl groups is 1. The highest BCUT2D eigenvalue weighted by atomic mass is 19.1. The minimum atomic E-state index is -0.448. The Morgan fingerprint density at radius 2 is 1.69 bits per heavy atom. The van der Waals surface area contributed by atoms with Crippen molar-refractivity contribution in [1.82, 2.24) is 9.88 Å². The van der Waals surface area contributed by atoms with E-state index in [1.165, 1.54) is 31.2 Å². The molecule has 0 bridgehead atoms. The average Bonchev–Trinajstić information content (AvgIpc) is 3.15. The number of H-pyrrole nitrogens is 1. The Bertz CT molecular complexity index is 1410. The molecule has 1 heterocycles. The van der Waals surface area contributed by atoms with E-state index in [-0.39, 0.29) is 11.8 Å². The molecule has 0 unspecified atom stereocenters. The molecule has 1 amide bonds. The van der Waals surface area contributed by atoms with E-state index in [1.807, 2.05) is 26.2 Å². The summed E-state index contributed by atoms with van der Waals surface area (Å²) in [4.78, 5) is 23.5. The number of carbonyl (C=O) groups is 1. The number of aliphatic imine (C=N–C) groups is 1. The quantitative estimate of drug-likeness (QED) is 0.315. The fourth-order valence-corrected chi connectivity index (χ4v) is 4.15. The number of hydrogen-bond donors (Lipinski definition) is 2. The first-order valence-electron chi connectivity index (χ1n) is 11.6. The number of benzene rings is 3. The van der Waals surface area contributed by atoms with E-state index >= 15 is 0 Å². The molecule has 36 heavy (non-hydrogen) atoms. The third-order valence-corrected chi connectivity index (χ3v) is 5.85. The molecule has 4 rings (SSSR count). The molecule has 0 aliphatic heterocycles. The van der Waals surface area contributed by atoms with Gasteiger partial charge in [0, 0.05) is 30.1 Å². The highest BCUT2D eigenvalue weighted by Crippen LogP contribution is 2.32. The van der Waals surface area contributed by atoms with Crippen LogP contribution in [0.25, 0.3) is 10.9 Å². The van der Waals surface area contributed by atoms with Gasteiger partial charge in [0.2, 0.25) is 5.91 Å². The summed E-state index contributed by atoms with van der Waals surface area (Å²) in [5, 5.41) is 11.3. The highest BCUT2D eigenvalue weighted by Gasteiger charge is 2.20. The van der Waals surface area contributed by atoms with Crippen LogP contribution in [0.1, 0.15) is 24.5 Å². The molecule has 0 radical (unpaired) electrons. The molecule has 8 heteroatoms. The number of rotatable bonds is 8. The first-order valence-corrected chi connectivity index (χ1v) is 11.6. The Labute approximate surface area is 208 Å². The van der Waals surface area contributed by atoms with E-state index in [0.29, 0.717) is 40.0 Å². The molecule has 0 saturated carbocycles. The summed E-state index contributed by atoms with van der Waals surface area (Å²) in [6, 6.07) is 17.2. The summed E-state index contributed by atoms with van der Waals surface area (Å²) >= 11 is 0. The van der Waals surface area contributed by atoms with E-state index < -0.39 is 11.6 Å². The summed E-state index contributed by atoms with van der Waals surface area (Å²) in [6.45, 7) is 2.98. The Morgan fingerprint density at radius 1 is 0.972 bits per heavy atom. The Balaban J connectivity index is 1.75. The number of fused-ring (bicyclic) bond motifs is 1. The molecule has 2 N–H and O–H groups in total. The number of nitrogens with one attached hydrogen (secondary N) is 1. The van der Waals surface area contributed by atoms with Gasteiger partial charge in [0.05, 0.1) is 22.5 Å². The molecule has 0 spiro atoms. The van der Waals surface area contributed by atoms with Gasteiger partial charge < -0.3 is 19.9 Å². The fraction of sp³-hybridized carbons (Fsp3) is 0.214. The summed E-state index contributed by atoms with van der Waals surface area (Å²) < 4.78 is 27.9. The Kier molecular flexibility index (Phi) is 7.45. The third-order valence-electron chi connectivity index (χ3n) is 5.85. The molecule has 6 nitrogen and oxygen atoms in total. The van der Waals surface area contributed by atoms with Gasteiger partial charge in [-0.3, -0.25) is 4.79 Å². The Hall–Kier alpha value is -4.04. The number of nitrogens with zero attached hydrogens (tertiary/aromatic N) is 3. The van der Waals surface area contributed by atoms with Crippen LogP contribution in [0.4, 0.5) is 20.2 Å². The zero-order valence-electron chi connectivity index (χ0n) is 20.4. The lowest BCUT2D eigenvalue weighted by molar-refractivity contribution is -0.116. The SMILES string of the molecule is CC(=O)N(CCCN(C)C)c1ccc(N=C(c2cccc(F)c2)c2c(O)[nH]c3cc(F)ccc23)cc1. The largest absolute Gasteiger partial charge is 0.494 e. The highest BCUT2D eigenvalue weighted by molar-refractivity contribution is 6.21. The monoisotopic (exact) mass is 490 g/mol. The van der Waals surface area contributed by atoms with Gasteiger partial charge in [-0.05, 0) is 81.7 Å². The number of amides is 1. The van der Waals surface area contributed by atoms with E-state index in [2.05, 4.69) is 9.88 Å². The molecule has 186 valence electrons. The van der Waals surface area contributed by atoms with E-state index in [1.54, 1.807) is 35.2 Å². The molecule has 0 atom stereocenters. The lowest BCUT2D eigenvalue weighted by Crippen LogP contribution is -2.31. The fourth-order valence-electron chi connectivity index (χ4n) is 4.15. The molecule has 4 aromatic rings. The van der Waals surface area contributed by atoms with E-state index in [4.69, 9.17) is 4.99 Å². The lowest BCUT2D eigenvalue weighted by atomic mass is 10.0. The van der Waals surface area contributed by atoms with Crippen LogP contribution in [0.5, 0.6) is 5.88 Å². The van der Waals surface area contributed by atoms with Gasteiger partial charge in [-0.1, -0.05) is 12.1 Å². The number of carbonyl (C=O) groups excluding carboxylic acids is 1. The first-order chi connectivity index (χ1) is 17.2. The van der Waals surface area contributed by atoms with Crippen molar-refractivity contribution in [2.45, 2.75) is 13.3 Å². The van der Waals surface area contributed by atoms with Gasteiger partial charge in [-0.25, -0.2) is 13.8 Å². The predicted molar refractivity (Wildman–Crippen MR) is 139 cm³/mol. The maximum atomic E-state index is 14.1. The number of hydrogen-bond acceptors (Lipinski definition) is 4. The maximum absolute atomic E-state index is 14.1. The van der Waals surface area contributed by atoms with Crippen molar-refractivity contribution < 1.29 is 18.7 Å². The van der Waals surface area contributed by atoms with Gasteiger partial charge in [-0.15, -0.1) is 0 Å². The molecule has 0 aliphatic rings. The number of aromatic nitrogens is 1. The zero-order valence-corrected chi connectivity index (χ0v) is 20.4. The molecule has 1 aromatic heterocycles. The Morgan fingerprint density at radius 3 is 2.36 bits per heavy atom. The first kappa shape index (κ1) is 25.1. The summed E-state index contributed by atoms with van der Waals surface area (Å²) in [5.41, 5.74) is 2.81. The molecular weight excluding hydrogens is 462 g/mol. The third kappa shape index (κ3) is 5.60. The second-order valence-electron chi connectivity index (χ2n) is 8.85. The van der Waals surface area contributed by atoms with Crippen molar-refractivity contribution in [2.24, 2.45) is 4.99 Å². The minimum Gasteiger partial charge on any atom is -0.494 e. The van der Waals surface area contributed by atoms with Gasteiger partial charge in [0.25, 0.3) is 0 Å². The van der Waals surface area contributed by atoms with Crippen LogP contribution < -0.4 is 4.90 Å². The minimum absolute atomic E-state index is 0.0543. The smallest absolute Gasteiger partial charge is 0.223 e. The van der Waals surface area contributed by atoms with Crippen LogP contribution in [0.15, 0.2) is 71.7 Å². The van der Waals surface area contributed by atoms with Crippen molar-refractivity contribution in [2.75, 3.05) is 32.1 Å². The van der Waals surface area contributed by atoms with Crippen LogP contribution in [-0.2, 0) is 4.79 Å². The van der Waals surface area contributed by atoms with Crippen LogP contribution in [-0.4, -0.2) is 53.8 Å². The van der Waals surface area contributed by atoms with E-state index in [9.17, 15) is 18.7 Å². The average molecular weight is 491 g/mol. The van der Waals surface area contributed by atoms with Crippen LogP contribution in [0, 0.1) is 11.6 Å². The van der Waals surface area contributed by atoms with Crippen LogP contribution in [0.2, 0.25) is 0 Å². The van der Waals surface area contributed by atoms with Gasteiger partial charge in [0.15, 0.2) is 5.88 Å². The van der Waals surface area contributed by atoms with Crippen molar-refractivity contribution in [3.05, 3.63) is 89.5 Å². The molecule has 3 aromatic carbocycles. The second kappa shape index (κ2) is 10.7. The van der Waals surface area contributed by atoms with Gasteiger partial charge in [-0.2, -0.15) is 0 Å². The molecule has 0 fully saturated rings. The zero-order chi connectivity index (χ0) is 25.8. The van der Waals surface area contributed by atoms with Crippen molar-refractivity contribution in [3.8, 4) is 5.88 Å². The topological polar surface area (TPSA) is 71.9 Å². The molecule has 0 aliphatic carbocycles. The standard InChI is InChI=1S/C28H28F2N4O2/c1-18(35)34(15-5-14-33(2)3)23-11-9-22(10-12-23)31-27(19-6-4-7-20(29)16-19)26-24-13-8-21(30)17-25(24)32-28(26)36/h4,6-13,16-17,32,36H,5,14-15H2,1-3H3. The van der Waals surface area contributed by atoms with Crippen molar-refractivity contribution >= 4 is 33.9 Å². The maximum Gasteiger partial charge on any atom is 0.223 e. The second-order valence-corrected chi connectivity index (χ2v) is 8.85. The predicted octanol–water partition coefficient (Wildman–Crippen LogP) is 5.63. The van der Waals surface area contributed by atoms with Gasteiger partial charge in [0.1, 0.15) is 11.6 Å². The van der Waals surface area contributed by atoms with Gasteiger partial charge >= 0.3 is 0 Å². The number of anilines is 1. The summed E-state index contributed by atoms with van der Waals surface area (Å²) in [5.74, 6) is -1.15. The van der Waals surface area contributed by atoms with Crippen LogP contribution in [0.3, 0.4) is 0 Å². The van der Waals surface area contributed by atoms with Crippen LogP contribution >= 0.6 is 0 Å². The number of halogens is 2. The summed E-state index contributed by atoms with van der Waals surface area (Å²) in [6.07, 6.45) is 0.830. The molecular formula is C28H28F2N4O2. The summed E-state index contributed by atoms with van der Waals surface area (Å²) in [7, 11) is 3.98.